The topological polar surface area (TPSA) is 62.7 Å². The second-order valence-corrected chi connectivity index (χ2v) is 5.63. The van der Waals surface area contributed by atoms with E-state index in [1.807, 2.05) is 17.0 Å². The molecule has 1 saturated heterocycles. The highest BCUT2D eigenvalue weighted by atomic mass is 16.3. The van der Waals surface area contributed by atoms with Crippen LogP contribution in [0.15, 0.2) is 22.8 Å². The van der Waals surface area contributed by atoms with Crippen LogP contribution >= 0.6 is 0 Å². The Morgan fingerprint density at radius 2 is 2.05 bits per heavy atom. The fourth-order valence-electron chi connectivity index (χ4n) is 2.72. The van der Waals surface area contributed by atoms with Gasteiger partial charge in [-0.1, -0.05) is 0 Å². The van der Waals surface area contributed by atoms with Gasteiger partial charge in [-0.05, 0) is 25.0 Å². The van der Waals surface area contributed by atoms with Crippen LogP contribution in [0.2, 0.25) is 0 Å². The van der Waals surface area contributed by atoms with Crippen LogP contribution in [0.4, 0.5) is 0 Å². The van der Waals surface area contributed by atoms with Crippen molar-refractivity contribution < 1.29 is 9.21 Å². The number of furan rings is 1. The molecule has 2 aliphatic rings. The zero-order valence-corrected chi connectivity index (χ0v) is 11.2. The van der Waals surface area contributed by atoms with Gasteiger partial charge in [-0.15, -0.1) is 0 Å². The summed E-state index contributed by atoms with van der Waals surface area (Å²) in [5.41, 5.74) is 5.52. The van der Waals surface area contributed by atoms with Crippen molar-refractivity contribution in [1.82, 2.24) is 9.80 Å². The summed E-state index contributed by atoms with van der Waals surface area (Å²) in [6.45, 7) is 4.76. The summed E-state index contributed by atoms with van der Waals surface area (Å²) >= 11 is 0. The molecule has 1 amide bonds. The third kappa shape index (κ3) is 2.53. The number of piperazine rings is 1. The van der Waals surface area contributed by atoms with E-state index in [1.54, 1.807) is 6.26 Å². The Kier molecular flexibility index (Phi) is 3.33. The van der Waals surface area contributed by atoms with Gasteiger partial charge in [0.25, 0.3) is 0 Å². The summed E-state index contributed by atoms with van der Waals surface area (Å²) in [5, 5.41) is 0. The van der Waals surface area contributed by atoms with Crippen molar-refractivity contribution in [2.75, 3.05) is 32.7 Å². The monoisotopic (exact) mass is 263 g/mol. The molecule has 0 radical (unpaired) electrons. The molecule has 1 saturated carbocycles. The van der Waals surface area contributed by atoms with E-state index in [0.29, 0.717) is 6.54 Å². The summed E-state index contributed by atoms with van der Waals surface area (Å²) in [6, 6.07) is 3.90. The Labute approximate surface area is 113 Å². The molecule has 19 heavy (non-hydrogen) atoms. The SMILES string of the molecule is NCC1(C(=O)N2CCN(Cc3ccco3)CC2)CC1. The largest absolute Gasteiger partial charge is 0.468 e. The molecular weight excluding hydrogens is 242 g/mol. The van der Waals surface area contributed by atoms with E-state index in [9.17, 15) is 4.79 Å². The highest BCUT2D eigenvalue weighted by Gasteiger charge is 2.50. The summed E-state index contributed by atoms with van der Waals surface area (Å²) in [7, 11) is 0. The zero-order chi connectivity index (χ0) is 13.3. The van der Waals surface area contributed by atoms with Gasteiger partial charge in [-0.2, -0.15) is 0 Å². The van der Waals surface area contributed by atoms with E-state index in [4.69, 9.17) is 10.2 Å². The molecule has 2 fully saturated rings. The molecule has 0 spiro atoms. The van der Waals surface area contributed by atoms with E-state index >= 15 is 0 Å². The number of nitrogens with zero attached hydrogens (tertiary/aromatic N) is 2. The molecule has 5 nitrogen and oxygen atoms in total. The van der Waals surface area contributed by atoms with Crippen molar-refractivity contribution in [3.8, 4) is 0 Å². The molecular formula is C14H21N3O2. The first-order valence-electron chi connectivity index (χ1n) is 6.98. The number of carbonyl (C=O) groups is 1. The molecule has 104 valence electrons. The Morgan fingerprint density at radius 3 is 2.58 bits per heavy atom. The fourth-order valence-corrected chi connectivity index (χ4v) is 2.72. The average molecular weight is 263 g/mol. The zero-order valence-electron chi connectivity index (χ0n) is 11.2. The molecule has 1 aliphatic heterocycles. The molecule has 1 aromatic heterocycles. The van der Waals surface area contributed by atoms with Gasteiger partial charge < -0.3 is 15.1 Å². The highest BCUT2D eigenvalue weighted by Crippen LogP contribution is 2.46. The lowest BCUT2D eigenvalue weighted by Crippen LogP contribution is -2.51. The first-order chi connectivity index (χ1) is 9.23. The first-order valence-corrected chi connectivity index (χ1v) is 6.98. The molecule has 1 aliphatic carbocycles. The summed E-state index contributed by atoms with van der Waals surface area (Å²) in [5.74, 6) is 1.26. The predicted molar refractivity (Wildman–Crippen MR) is 71.3 cm³/mol. The predicted octanol–water partition coefficient (Wildman–Crippen LogP) is 0.663. The molecule has 5 heteroatoms. The van der Waals surface area contributed by atoms with Gasteiger partial charge in [0.2, 0.25) is 5.91 Å². The van der Waals surface area contributed by atoms with Crippen LogP contribution in [0.3, 0.4) is 0 Å². The number of hydrogen-bond donors (Lipinski definition) is 1. The van der Waals surface area contributed by atoms with Gasteiger partial charge in [0, 0.05) is 32.7 Å². The molecule has 2 heterocycles. The maximum atomic E-state index is 12.3. The maximum absolute atomic E-state index is 12.3. The fraction of sp³-hybridized carbons (Fsp3) is 0.643. The lowest BCUT2D eigenvalue weighted by atomic mass is 10.1. The number of carbonyl (C=O) groups excluding carboxylic acids is 1. The normalized spacial score (nSPS) is 22.5. The van der Waals surface area contributed by atoms with Crippen LogP contribution in [0.5, 0.6) is 0 Å². The maximum Gasteiger partial charge on any atom is 0.230 e. The van der Waals surface area contributed by atoms with Crippen molar-refractivity contribution in [1.29, 1.82) is 0 Å². The van der Waals surface area contributed by atoms with Crippen molar-refractivity contribution in [3.05, 3.63) is 24.2 Å². The van der Waals surface area contributed by atoms with Crippen molar-refractivity contribution in [2.24, 2.45) is 11.1 Å². The summed E-state index contributed by atoms with van der Waals surface area (Å²) < 4.78 is 5.35. The highest BCUT2D eigenvalue weighted by molar-refractivity contribution is 5.85. The lowest BCUT2D eigenvalue weighted by Gasteiger charge is -2.36. The third-order valence-electron chi connectivity index (χ3n) is 4.32. The van der Waals surface area contributed by atoms with Crippen LogP contribution < -0.4 is 5.73 Å². The Hall–Kier alpha value is -1.33. The van der Waals surface area contributed by atoms with Crippen LogP contribution in [-0.4, -0.2) is 48.4 Å². The van der Waals surface area contributed by atoms with E-state index in [-0.39, 0.29) is 11.3 Å². The van der Waals surface area contributed by atoms with Crippen LogP contribution in [0.1, 0.15) is 18.6 Å². The van der Waals surface area contributed by atoms with E-state index in [0.717, 1.165) is 51.3 Å². The van der Waals surface area contributed by atoms with Gasteiger partial charge in [0.1, 0.15) is 5.76 Å². The van der Waals surface area contributed by atoms with Gasteiger partial charge >= 0.3 is 0 Å². The molecule has 0 unspecified atom stereocenters. The first kappa shape index (κ1) is 12.7. The van der Waals surface area contributed by atoms with Crippen LogP contribution in [0, 0.1) is 5.41 Å². The van der Waals surface area contributed by atoms with E-state index < -0.39 is 0 Å². The third-order valence-corrected chi connectivity index (χ3v) is 4.32. The van der Waals surface area contributed by atoms with Gasteiger partial charge in [0.15, 0.2) is 0 Å². The summed E-state index contributed by atoms with van der Waals surface area (Å²) in [6.07, 6.45) is 3.64. The Morgan fingerprint density at radius 1 is 1.32 bits per heavy atom. The van der Waals surface area contributed by atoms with E-state index in [2.05, 4.69) is 4.90 Å². The van der Waals surface area contributed by atoms with Crippen molar-refractivity contribution in [3.63, 3.8) is 0 Å². The number of amides is 1. The quantitative estimate of drug-likeness (QED) is 0.867. The van der Waals surface area contributed by atoms with Crippen molar-refractivity contribution >= 4 is 5.91 Å². The van der Waals surface area contributed by atoms with Crippen molar-refractivity contribution in [2.45, 2.75) is 19.4 Å². The Bertz CT molecular complexity index is 432. The number of nitrogens with two attached hydrogens (primary N) is 1. The van der Waals surface area contributed by atoms with Gasteiger partial charge in [-0.3, -0.25) is 9.69 Å². The average Bonchev–Trinajstić information content (AvgIpc) is 3.09. The smallest absolute Gasteiger partial charge is 0.230 e. The minimum absolute atomic E-state index is 0.205. The molecule has 0 bridgehead atoms. The Balaban J connectivity index is 1.51. The molecule has 3 rings (SSSR count). The van der Waals surface area contributed by atoms with Gasteiger partial charge in [0.05, 0.1) is 18.2 Å². The lowest BCUT2D eigenvalue weighted by molar-refractivity contribution is -0.138. The van der Waals surface area contributed by atoms with Crippen LogP contribution in [0.25, 0.3) is 0 Å². The second kappa shape index (κ2) is 4.98. The van der Waals surface area contributed by atoms with Crippen LogP contribution in [-0.2, 0) is 11.3 Å². The molecule has 0 atom stereocenters. The molecule has 1 aromatic rings. The second-order valence-electron chi connectivity index (χ2n) is 5.63. The minimum atomic E-state index is -0.205. The number of hydrogen-bond acceptors (Lipinski definition) is 4. The minimum Gasteiger partial charge on any atom is -0.468 e. The number of rotatable bonds is 4. The van der Waals surface area contributed by atoms with E-state index in [1.165, 1.54) is 0 Å². The molecule has 2 N–H and O–H groups in total. The van der Waals surface area contributed by atoms with Gasteiger partial charge in [-0.25, -0.2) is 0 Å². The molecule has 0 aromatic carbocycles. The summed E-state index contributed by atoms with van der Waals surface area (Å²) in [4.78, 5) is 16.7. The standard InChI is InChI=1S/C14H21N3O2/c15-11-14(3-4-14)13(18)17-7-5-16(6-8-17)10-12-2-1-9-19-12/h1-2,9H,3-8,10-11,15H2.